The van der Waals surface area contributed by atoms with Crippen molar-refractivity contribution in [2.24, 2.45) is 5.41 Å². The van der Waals surface area contributed by atoms with Gasteiger partial charge in [0.2, 0.25) is 11.7 Å². The molecular weight excluding hydrogens is 546 g/mol. The summed E-state index contributed by atoms with van der Waals surface area (Å²) in [7, 11) is 0. The summed E-state index contributed by atoms with van der Waals surface area (Å²) in [5.41, 5.74) is 3.00. The lowest BCUT2D eigenvalue weighted by atomic mass is 9.72. The summed E-state index contributed by atoms with van der Waals surface area (Å²) in [4.78, 5) is 24.4. The summed E-state index contributed by atoms with van der Waals surface area (Å²) in [6, 6.07) is 9.35. The van der Waals surface area contributed by atoms with Gasteiger partial charge >= 0.3 is 5.97 Å². The number of ether oxygens (including phenoxy) is 2. The van der Waals surface area contributed by atoms with Gasteiger partial charge in [0.05, 0.1) is 24.3 Å². The van der Waals surface area contributed by atoms with Crippen LogP contribution in [0.3, 0.4) is 0 Å². The number of fused-ring (bicyclic) bond motifs is 2. The normalized spacial score (nSPS) is 17.5. The fourth-order valence-corrected chi connectivity index (χ4v) is 5.91. The molecule has 2 aliphatic heterocycles. The van der Waals surface area contributed by atoms with E-state index >= 15 is 0 Å². The van der Waals surface area contributed by atoms with E-state index in [2.05, 4.69) is 20.1 Å². The smallest absolute Gasteiger partial charge is 0.310 e. The average molecular weight is 579 g/mol. The number of aliphatic carboxylic acids is 1. The Balaban J connectivity index is 1.40. The second kappa shape index (κ2) is 10.4. The Morgan fingerprint density at radius 2 is 1.95 bits per heavy atom. The van der Waals surface area contributed by atoms with E-state index in [0.717, 1.165) is 16.8 Å². The summed E-state index contributed by atoms with van der Waals surface area (Å²) >= 11 is 0. The third kappa shape index (κ3) is 4.78. The van der Waals surface area contributed by atoms with Gasteiger partial charge in [-0.05, 0) is 62.6 Å². The Hall–Kier alpha value is -4.03. The van der Waals surface area contributed by atoms with Gasteiger partial charge in [0.15, 0.2) is 11.2 Å². The molecule has 220 valence electrons. The molecule has 0 amide bonds. The van der Waals surface area contributed by atoms with Crippen LogP contribution in [0, 0.1) is 19.3 Å². The lowest BCUT2D eigenvalue weighted by Gasteiger charge is -2.42. The van der Waals surface area contributed by atoms with Gasteiger partial charge in [0, 0.05) is 49.2 Å². The molecule has 1 fully saturated rings. The van der Waals surface area contributed by atoms with Crippen molar-refractivity contribution in [3.8, 4) is 5.88 Å². The molecule has 0 saturated carbocycles. The second-order valence-corrected chi connectivity index (χ2v) is 11.8. The molecule has 0 bridgehead atoms. The molecule has 12 heteroatoms. The highest BCUT2D eigenvalue weighted by Gasteiger charge is 2.46. The molecule has 0 unspecified atom stereocenters. The zero-order chi connectivity index (χ0) is 29.8. The van der Waals surface area contributed by atoms with E-state index in [1.54, 1.807) is 33.0 Å². The summed E-state index contributed by atoms with van der Waals surface area (Å²) in [6.07, 6.45) is 0.395. The van der Waals surface area contributed by atoms with E-state index in [-0.39, 0.29) is 5.65 Å². The van der Waals surface area contributed by atoms with Crippen molar-refractivity contribution in [3.05, 3.63) is 82.2 Å². The quantitative estimate of drug-likeness (QED) is 0.339. The number of aryl methyl sites for hydroxylation is 2. The van der Waals surface area contributed by atoms with E-state index in [4.69, 9.17) is 14.5 Å². The Labute approximate surface area is 241 Å². The van der Waals surface area contributed by atoms with Crippen LogP contribution in [0.1, 0.15) is 65.7 Å². The highest BCUT2D eigenvalue weighted by atomic mass is 19.3. The molecule has 10 nitrogen and oxygen atoms in total. The zero-order valence-corrected chi connectivity index (χ0v) is 23.8. The van der Waals surface area contributed by atoms with Gasteiger partial charge in [0.1, 0.15) is 0 Å². The SMILES string of the molecule is Cc1ccc([C@H](c2ccn3c(C(F)F)nnc3c2C)C(C)(C)C(=O)O)nc1CN1Cc2cccnc2OC2(COC2)C1. The number of hydrogen-bond donors (Lipinski definition) is 1. The van der Waals surface area contributed by atoms with E-state index < -0.39 is 35.2 Å². The molecule has 6 rings (SSSR count). The van der Waals surface area contributed by atoms with E-state index in [1.807, 2.05) is 31.2 Å². The lowest BCUT2D eigenvalue weighted by Crippen LogP contribution is -2.60. The van der Waals surface area contributed by atoms with Crippen molar-refractivity contribution in [2.45, 2.75) is 58.7 Å². The molecule has 1 atom stereocenters. The molecule has 42 heavy (non-hydrogen) atoms. The first-order valence-corrected chi connectivity index (χ1v) is 13.7. The largest absolute Gasteiger partial charge is 0.481 e. The van der Waals surface area contributed by atoms with Gasteiger partial charge in [0.25, 0.3) is 6.43 Å². The Kier molecular flexibility index (Phi) is 6.93. The van der Waals surface area contributed by atoms with Crippen LogP contribution < -0.4 is 4.74 Å². The number of carboxylic acids is 1. The molecule has 1 saturated heterocycles. The number of rotatable bonds is 7. The fraction of sp³-hybridized carbons (Fsp3) is 0.433. The summed E-state index contributed by atoms with van der Waals surface area (Å²) < 4.78 is 40.1. The van der Waals surface area contributed by atoms with Gasteiger partial charge in [-0.2, -0.15) is 0 Å². The molecule has 0 radical (unpaired) electrons. The maximum absolute atomic E-state index is 13.5. The topological polar surface area (TPSA) is 115 Å². The maximum atomic E-state index is 13.5. The number of hydrogen-bond acceptors (Lipinski definition) is 8. The zero-order valence-electron chi connectivity index (χ0n) is 23.8. The number of aromatic nitrogens is 5. The van der Waals surface area contributed by atoms with Crippen LogP contribution in [0.5, 0.6) is 5.88 Å². The standard InChI is InChI=1S/C30H32F2N6O4/c1-17-7-8-21(34-22(17)13-37-12-19-6-5-10-33-27(19)42-30(14-37)15-41-16-30)23(29(3,4)28(39)40)20-9-11-38-25(18(20)2)35-36-26(38)24(31)32/h5-11,23-24H,12-16H2,1-4H3,(H,39,40)/t23-/m0/s1. The van der Waals surface area contributed by atoms with Crippen LogP contribution in [0.25, 0.3) is 5.65 Å². The summed E-state index contributed by atoms with van der Waals surface area (Å²) in [5.74, 6) is -1.56. The van der Waals surface area contributed by atoms with Crippen molar-refractivity contribution in [1.82, 2.24) is 29.5 Å². The molecule has 0 aromatic carbocycles. The lowest BCUT2D eigenvalue weighted by molar-refractivity contribution is -0.170. The van der Waals surface area contributed by atoms with E-state index in [9.17, 15) is 18.7 Å². The predicted octanol–water partition coefficient (Wildman–Crippen LogP) is 4.48. The van der Waals surface area contributed by atoms with Crippen molar-refractivity contribution >= 4 is 11.6 Å². The first kappa shape index (κ1) is 28.1. The minimum Gasteiger partial charge on any atom is -0.481 e. The number of nitrogens with zero attached hydrogens (tertiary/aromatic N) is 6. The number of alkyl halides is 2. The van der Waals surface area contributed by atoms with Crippen LogP contribution >= 0.6 is 0 Å². The van der Waals surface area contributed by atoms with E-state index in [0.29, 0.717) is 55.5 Å². The predicted molar refractivity (Wildman–Crippen MR) is 147 cm³/mol. The second-order valence-electron chi connectivity index (χ2n) is 11.8. The number of carbonyl (C=O) groups is 1. The Morgan fingerprint density at radius 1 is 1.17 bits per heavy atom. The molecule has 2 aliphatic rings. The van der Waals surface area contributed by atoms with Gasteiger partial charge in [-0.15, -0.1) is 10.2 Å². The third-order valence-corrected chi connectivity index (χ3v) is 8.36. The number of carboxylic acid groups (broad SMARTS) is 1. The van der Waals surface area contributed by atoms with Crippen LogP contribution in [0.15, 0.2) is 42.7 Å². The third-order valence-electron chi connectivity index (χ3n) is 8.36. The minimum atomic E-state index is -2.80. The van der Waals surface area contributed by atoms with Crippen LogP contribution in [-0.2, 0) is 22.6 Å². The molecular formula is C30H32F2N6O4. The number of halogens is 2. The highest BCUT2D eigenvalue weighted by molar-refractivity contribution is 5.76. The molecule has 0 aliphatic carbocycles. The van der Waals surface area contributed by atoms with Gasteiger partial charge in [-0.3, -0.25) is 19.1 Å². The average Bonchev–Trinajstić information content (AvgIpc) is 3.28. The molecule has 4 aromatic heterocycles. The van der Waals surface area contributed by atoms with E-state index in [1.165, 1.54) is 10.6 Å². The first-order valence-electron chi connectivity index (χ1n) is 13.7. The highest BCUT2D eigenvalue weighted by Crippen LogP contribution is 2.43. The van der Waals surface area contributed by atoms with Crippen LogP contribution in [0.4, 0.5) is 8.78 Å². The molecule has 1 spiro atoms. The van der Waals surface area contributed by atoms with Gasteiger partial charge in [-0.25, -0.2) is 13.8 Å². The van der Waals surface area contributed by atoms with Crippen molar-refractivity contribution in [3.63, 3.8) is 0 Å². The van der Waals surface area contributed by atoms with Crippen molar-refractivity contribution < 1.29 is 28.2 Å². The molecule has 1 N–H and O–H groups in total. The van der Waals surface area contributed by atoms with Crippen LogP contribution in [-0.4, -0.2) is 65.9 Å². The minimum absolute atomic E-state index is 0.256. The monoisotopic (exact) mass is 578 g/mol. The van der Waals surface area contributed by atoms with Crippen molar-refractivity contribution in [2.75, 3.05) is 19.8 Å². The van der Waals surface area contributed by atoms with Gasteiger partial charge < -0.3 is 14.6 Å². The first-order chi connectivity index (χ1) is 20.0. The fourth-order valence-electron chi connectivity index (χ4n) is 5.91. The summed E-state index contributed by atoms with van der Waals surface area (Å²) in [5, 5.41) is 18.0. The Morgan fingerprint density at radius 3 is 2.64 bits per heavy atom. The van der Waals surface area contributed by atoms with Crippen molar-refractivity contribution in [1.29, 1.82) is 0 Å². The number of pyridine rings is 3. The molecule has 4 aromatic rings. The molecule has 6 heterocycles. The maximum Gasteiger partial charge on any atom is 0.310 e. The van der Waals surface area contributed by atoms with Gasteiger partial charge in [-0.1, -0.05) is 12.1 Å². The van der Waals surface area contributed by atoms with Crippen LogP contribution in [0.2, 0.25) is 0 Å². The Bertz CT molecular complexity index is 1670. The summed E-state index contributed by atoms with van der Waals surface area (Å²) in [6.45, 7) is 9.69.